The highest BCUT2D eigenvalue weighted by Gasteiger charge is 2.26. The van der Waals surface area contributed by atoms with Gasteiger partial charge in [-0.25, -0.2) is 9.97 Å². The van der Waals surface area contributed by atoms with Crippen LogP contribution < -0.4 is 10.6 Å². The number of carbonyl (C=O) groups excluding carboxylic acids is 1. The number of aromatic nitrogens is 2. The zero-order valence-corrected chi connectivity index (χ0v) is 12.8. The van der Waals surface area contributed by atoms with Crippen LogP contribution in [0.4, 0.5) is 5.95 Å². The van der Waals surface area contributed by atoms with Gasteiger partial charge in [-0.15, -0.1) is 0 Å². The molecule has 6 nitrogen and oxygen atoms in total. The number of carbonyl (C=O) groups is 1. The van der Waals surface area contributed by atoms with Gasteiger partial charge in [-0.05, 0) is 36.1 Å². The fourth-order valence-corrected chi connectivity index (χ4v) is 3.40. The number of amides is 1. The third-order valence-electron chi connectivity index (χ3n) is 4.21. The second-order valence-corrected chi connectivity index (χ2v) is 6.13. The smallest absolute Gasteiger partial charge is 0.255 e. The predicted octanol–water partition coefficient (Wildman–Crippen LogP) is 1.82. The average molecular weight is 326 g/mol. The Morgan fingerprint density at radius 1 is 1.39 bits per heavy atom. The van der Waals surface area contributed by atoms with Crippen LogP contribution in [0.25, 0.3) is 0 Å². The van der Waals surface area contributed by atoms with E-state index in [4.69, 9.17) is 11.6 Å². The van der Waals surface area contributed by atoms with Crippen LogP contribution in [0.15, 0.2) is 18.3 Å². The molecular weight excluding hydrogens is 314 g/mol. The summed E-state index contributed by atoms with van der Waals surface area (Å²) in [7, 11) is 0. The number of nitriles is 1. The van der Waals surface area contributed by atoms with Gasteiger partial charge in [-0.3, -0.25) is 4.79 Å². The van der Waals surface area contributed by atoms with E-state index >= 15 is 0 Å². The molecule has 2 aliphatic rings. The van der Waals surface area contributed by atoms with Crippen molar-refractivity contribution in [3.63, 3.8) is 0 Å². The van der Waals surface area contributed by atoms with Crippen molar-refractivity contribution < 1.29 is 4.79 Å². The summed E-state index contributed by atoms with van der Waals surface area (Å²) in [6.07, 6.45) is 3.04. The molecule has 1 unspecified atom stereocenters. The van der Waals surface area contributed by atoms with Crippen molar-refractivity contribution in [2.75, 3.05) is 5.32 Å². The van der Waals surface area contributed by atoms with E-state index in [0.29, 0.717) is 34.3 Å². The first-order valence-corrected chi connectivity index (χ1v) is 7.64. The maximum atomic E-state index is 11.5. The van der Waals surface area contributed by atoms with Crippen LogP contribution in [-0.4, -0.2) is 21.9 Å². The zero-order valence-electron chi connectivity index (χ0n) is 12.1. The molecule has 0 radical (unpaired) electrons. The van der Waals surface area contributed by atoms with Gasteiger partial charge in [0.1, 0.15) is 0 Å². The number of hydrogen-bond acceptors (Lipinski definition) is 5. The molecule has 0 fully saturated rings. The van der Waals surface area contributed by atoms with Gasteiger partial charge >= 0.3 is 0 Å². The molecule has 1 aliphatic carbocycles. The molecule has 2 aromatic rings. The third-order valence-corrected chi connectivity index (χ3v) is 4.42. The molecule has 1 amide bonds. The number of rotatable bonds is 2. The third kappa shape index (κ3) is 2.39. The number of nitrogens with one attached hydrogen (secondary N) is 2. The van der Waals surface area contributed by atoms with Crippen molar-refractivity contribution >= 4 is 23.5 Å². The first kappa shape index (κ1) is 14.0. The first-order valence-electron chi connectivity index (χ1n) is 7.26. The fraction of sp³-hybridized carbons (Fsp3) is 0.250. The summed E-state index contributed by atoms with van der Waals surface area (Å²) in [5, 5.41) is 15.8. The molecule has 2 heterocycles. The lowest BCUT2D eigenvalue weighted by Gasteiger charge is -2.12. The molecule has 1 atom stereocenters. The van der Waals surface area contributed by atoms with Gasteiger partial charge < -0.3 is 10.6 Å². The van der Waals surface area contributed by atoms with E-state index < -0.39 is 0 Å². The number of benzene rings is 1. The van der Waals surface area contributed by atoms with Gasteiger partial charge in [0.05, 0.1) is 29.4 Å². The van der Waals surface area contributed by atoms with Crippen LogP contribution in [0.3, 0.4) is 0 Å². The van der Waals surface area contributed by atoms with Crippen LogP contribution in [-0.2, 0) is 19.4 Å². The van der Waals surface area contributed by atoms with Crippen LogP contribution in [0.1, 0.15) is 32.7 Å². The molecule has 4 rings (SSSR count). The SMILES string of the molecule is N#Cc1cc(Cl)cc2c1CC(Nc1ncc3c(n1)CNC3=O)C2. The van der Waals surface area contributed by atoms with Gasteiger partial charge in [-0.1, -0.05) is 11.6 Å². The molecule has 0 saturated heterocycles. The topological polar surface area (TPSA) is 90.7 Å². The molecule has 1 aromatic carbocycles. The molecule has 7 heteroatoms. The second kappa shape index (κ2) is 5.21. The Labute approximate surface area is 137 Å². The molecule has 1 aromatic heterocycles. The molecule has 2 N–H and O–H groups in total. The van der Waals surface area contributed by atoms with E-state index in [0.717, 1.165) is 24.0 Å². The minimum absolute atomic E-state index is 0.110. The lowest BCUT2D eigenvalue weighted by molar-refractivity contribution is 0.0965. The minimum Gasteiger partial charge on any atom is -0.351 e. The Kier molecular flexibility index (Phi) is 3.17. The largest absolute Gasteiger partial charge is 0.351 e. The van der Waals surface area contributed by atoms with Crippen LogP contribution in [0, 0.1) is 11.3 Å². The van der Waals surface area contributed by atoms with Crippen LogP contribution >= 0.6 is 11.6 Å². The highest BCUT2D eigenvalue weighted by Crippen LogP contribution is 2.30. The maximum absolute atomic E-state index is 11.5. The number of hydrogen-bond donors (Lipinski definition) is 2. The molecule has 114 valence electrons. The van der Waals surface area contributed by atoms with Gasteiger partial charge in [0, 0.05) is 17.3 Å². The van der Waals surface area contributed by atoms with E-state index in [2.05, 4.69) is 26.7 Å². The summed E-state index contributed by atoms with van der Waals surface area (Å²) in [5.74, 6) is 0.371. The number of anilines is 1. The Bertz CT molecular complexity index is 874. The summed E-state index contributed by atoms with van der Waals surface area (Å²) in [5.41, 5.74) is 3.99. The van der Waals surface area contributed by atoms with E-state index in [9.17, 15) is 10.1 Å². The van der Waals surface area contributed by atoms with Crippen molar-refractivity contribution in [3.05, 3.63) is 51.3 Å². The average Bonchev–Trinajstić information content (AvgIpc) is 3.10. The molecule has 0 spiro atoms. The zero-order chi connectivity index (χ0) is 16.0. The van der Waals surface area contributed by atoms with Gasteiger partial charge in [-0.2, -0.15) is 5.26 Å². The molecule has 23 heavy (non-hydrogen) atoms. The Balaban J connectivity index is 1.56. The minimum atomic E-state index is -0.131. The first-order chi connectivity index (χ1) is 11.1. The lowest BCUT2D eigenvalue weighted by atomic mass is 10.0. The fourth-order valence-electron chi connectivity index (χ4n) is 3.16. The van der Waals surface area contributed by atoms with E-state index in [1.807, 2.05) is 6.07 Å². The van der Waals surface area contributed by atoms with Crippen LogP contribution in [0.2, 0.25) is 5.02 Å². The standard InChI is InChI=1S/C16H12ClN5O/c17-10-1-8-3-11(4-12(8)9(2-10)5-18)21-16-20-6-13-14(22-16)7-19-15(13)23/h1-2,6,11H,3-4,7H2,(H,19,23)(H,20,21,22). The molecule has 0 saturated carbocycles. The van der Waals surface area contributed by atoms with Gasteiger partial charge in [0.2, 0.25) is 5.95 Å². The number of nitrogens with zero attached hydrogens (tertiary/aromatic N) is 3. The van der Waals surface area contributed by atoms with Crippen molar-refractivity contribution in [1.82, 2.24) is 15.3 Å². The van der Waals surface area contributed by atoms with Crippen molar-refractivity contribution in [2.24, 2.45) is 0 Å². The molecule has 1 aliphatic heterocycles. The van der Waals surface area contributed by atoms with Crippen molar-refractivity contribution in [3.8, 4) is 6.07 Å². The Morgan fingerprint density at radius 2 is 2.26 bits per heavy atom. The Hall–Kier alpha value is -2.65. The Morgan fingerprint density at radius 3 is 3.09 bits per heavy atom. The van der Waals surface area contributed by atoms with E-state index in [-0.39, 0.29) is 11.9 Å². The van der Waals surface area contributed by atoms with Gasteiger partial charge in [0.15, 0.2) is 0 Å². The number of halogens is 1. The molecule has 0 bridgehead atoms. The summed E-state index contributed by atoms with van der Waals surface area (Å²) < 4.78 is 0. The maximum Gasteiger partial charge on any atom is 0.255 e. The van der Waals surface area contributed by atoms with Crippen molar-refractivity contribution in [2.45, 2.75) is 25.4 Å². The monoisotopic (exact) mass is 325 g/mol. The summed E-state index contributed by atoms with van der Waals surface area (Å²) in [6, 6.07) is 5.92. The highest BCUT2D eigenvalue weighted by atomic mass is 35.5. The summed E-state index contributed by atoms with van der Waals surface area (Å²) in [4.78, 5) is 20.1. The van der Waals surface area contributed by atoms with Gasteiger partial charge in [0.25, 0.3) is 5.91 Å². The highest BCUT2D eigenvalue weighted by molar-refractivity contribution is 6.30. The summed E-state index contributed by atoms with van der Waals surface area (Å²) >= 11 is 6.06. The predicted molar refractivity (Wildman–Crippen MR) is 84.2 cm³/mol. The summed E-state index contributed by atoms with van der Waals surface area (Å²) in [6.45, 7) is 0.435. The van der Waals surface area contributed by atoms with E-state index in [1.54, 1.807) is 12.3 Å². The van der Waals surface area contributed by atoms with E-state index in [1.165, 1.54) is 0 Å². The lowest BCUT2D eigenvalue weighted by Crippen LogP contribution is -2.21. The normalized spacial score (nSPS) is 18.1. The van der Waals surface area contributed by atoms with Crippen molar-refractivity contribution in [1.29, 1.82) is 5.26 Å². The second-order valence-electron chi connectivity index (χ2n) is 5.69. The quantitative estimate of drug-likeness (QED) is 0.879. The number of fused-ring (bicyclic) bond motifs is 2. The molecular formula is C16H12ClN5O. The van der Waals surface area contributed by atoms with Crippen LogP contribution in [0.5, 0.6) is 0 Å².